The molecule has 1 aromatic carbocycles. The second-order valence-electron chi connectivity index (χ2n) is 13.7. The van der Waals surface area contributed by atoms with E-state index in [1.807, 2.05) is 4.90 Å². The topological polar surface area (TPSA) is 99.7 Å². The van der Waals surface area contributed by atoms with Crippen LogP contribution in [0.4, 0.5) is 4.39 Å². The summed E-state index contributed by atoms with van der Waals surface area (Å²) in [6.07, 6.45) is 10.6. The third-order valence-corrected chi connectivity index (χ3v) is 9.18. The maximum Gasteiger partial charge on any atom is 0.245 e. The molecule has 1 saturated carbocycles. The monoisotopic (exact) mass is 606 g/mol. The van der Waals surface area contributed by atoms with Crippen molar-refractivity contribution in [3.63, 3.8) is 0 Å². The maximum absolute atomic E-state index is 14.3. The minimum Gasteiger partial charge on any atom is -0.342 e. The Labute approximate surface area is 260 Å². The number of ketones is 1. The fraction of sp³-hybridized carbons (Fsp3) is 0.571. The first-order chi connectivity index (χ1) is 20.9. The molecule has 1 N–H and O–H groups in total. The highest BCUT2D eigenvalue weighted by Crippen LogP contribution is 2.35. The Morgan fingerprint density at radius 1 is 1.00 bits per heavy atom. The molecular formula is C35H47FN4O4. The summed E-state index contributed by atoms with van der Waals surface area (Å²) in [6.45, 7) is 8.49. The van der Waals surface area contributed by atoms with Gasteiger partial charge in [-0.3, -0.25) is 24.2 Å². The Hall–Kier alpha value is -3.62. The number of nitrogens with one attached hydrogen (secondary N) is 1. The first kappa shape index (κ1) is 33.3. The molecule has 3 atom stereocenters. The van der Waals surface area contributed by atoms with Gasteiger partial charge in [0.05, 0.1) is 6.04 Å². The van der Waals surface area contributed by atoms with E-state index in [-0.39, 0.29) is 40.9 Å². The number of hydrogen-bond acceptors (Lipinski definition) is 5. The van der Waals surface area contributed by atoms with E-state index in [9.17, 15) is 23.6 Å². The molecule has 4 rings (SSSR count). The molecule has 9 heteroatoms. The Bertz CT molecular complexity index is 1330. The molecule has 2 aliphatic rings. The molecule has 1 aromatic heterocycles. The third kappa shape index (κ3) is 8.30. The SMILES string of the molecule is C[C@@H](C(=O)N[C@H](C(=O)N1CCC[C@H]1c1cncc(C(=O)c2ccc(F)cc2)c1)C1CCCCC1)N(C)C(=O)CCC(C)(C)C. The summed E-state index contributed by atoms with van der Waals surface area (Å²) in [6, 6.07) is 5.48. The van der Waals surface area contributed by atoms with Crippen LogP contribution in [0.5, 0.6) is 0 Å². The molecule has 0 radical (unpaired) electrons. The zero-order chi connectivity index (χ0) is 32.0. The molecule has 0 spiro atoms. The van der Waals surface area contributed by atoms with E-state index in [0.717, 1.165) is 50.5 Å². The lowest BCUT2D eigenvalue weighted by Crippen LogP contribution is -2.56. The molecule has 2 aromatic rings. The molecule has 238 valence electrons. The van der Waals surface area contributed by atoms with Crippen molar-refractivity contribution >= 4 is 23.5 Å². The van der Waals surface area contributed by atoms with Crippen LogP contribution in [0.3, 0.4) is 0 Å². The van der Waals surface area contributed by atoms with Crippen molar-refractivity contribution in [2.45, 2.75) is 104 Å². The predicted molar refractivity (Wildman–Crippen MR) is 167 cm³/mol. The number of likely N-dealkylation sites (N-methyl/N-ethyl adjacent to an activating group) is 1. The van der Waals surface area contributed by atoms with Gasteiger partial charge in [-0.15, -0.1) is 0 Å². The number of benzene rings is 1. The van der Waals surface area contributed by atoms with Gasteiger partial charge in [-0.25, -0.2) is 4.39 Å². The molecule has 0 unspecified atom stereocenters. The van der Waals surface area contributed by atoms with Crippen LogP contribution < -0.4 is 5.32 Å². The number of amides is 3. The minimum atomic E-state index is -0.714. The summed E-state index contributed by atoms with van der Waals surface area (Å²) in [4.78, 5) is 61.4. The number of halogens is 1. The Morgan fingerprint density at radius 2 is 1.68 bits per heavy atom. The molecule has 0 bridgehead atoms. The van der Waals surface area contributed by atoms with Crippen molar-refractivity contribution in [3.05, 3.63) is 65.2 Å². The second-order valence-corrected chi connectivity index (χ2v) is 13.7. The van der Waals surface area contributed by atoms with Gasteiger partial charge in [0.15, 0.2) is 5.78 Å². The Kier molecular flexibility index (Phi) is 10.9. The van der Waals surface area contributed by atoms with Gasteiger partial charge in [0.1, 0.15) is 17.9 Å². The van der Waals surface area contributed by atoms with Crippen molar-refractivity contribution in [2.24, 2.45) is 11.3 Å². The van der Waals surface area contributed by atoms with Crippen LogP contribution in [0.2, 0.25) is 0 Å². The van der Waals surface area contributed by atoms with Gasteiger partial charge in [-0.1, -0.05) is 40.0 Å². The van der Waals surface area contributed by atoms with Crippen LogP contribution in [-0.2, 0) is 14.4 Å². The highest BCUT2D eigenvalue weighted by molar-refractivity contribution is 6.08. The fourth-order valence-electron chi connectivity index (χ4n) is 6.26. The maximum atomic E-state index is 14.3. The number of nitrogens with zero attached hydrogens (tertiary/aromatic N) is 3. The van der Waals surface area contributed by atoms with Crippen molar-refractivity contribution in [1.29, 1.82) is 0 Å². The van der Waals surface area contributed by atoms with E-state index in [1.54, 1.807) is 26.2 Å². The van der Waals surface area contributed by atoms with Crippen LogP contribution in [0, 0.1) is 17.2 Å². The minimum absolute atomic E-state index is 0.00997. The van der Waals surface area contributed by atoms with Crippen molar-refractivity contribution in [2.75, 3.05) is 13.6 Å². The predicted octanol–water partition coefficient (Wildman–Crippen LogP) is 5.85. The van der Waals surface area contributed by atoms with Gasteiger partial charge >= 0.3 is 0 Å². The summed E-state index contributed by atoms with van der Waals surface area (Å²) in [5.74, 6) is -1.22. The standard InChI is InChI=1S/C35H47FN4O4/c1-23(39(5)30(41)17-18-35(2,3)4)33(43)38-31(24-10-7-6-8-11-24)34(44)40-19-9-12-29(40)26-20-27(22-37-21-26)32(42)25-13-15-28(36)16-14-25/h13-16,20-24,29,31H,6-12,17-19H2,1-5H3,(H,38,43)/t23-,29-,31-/m0/s1. The molecule has 44 heavy (non-hydrogen) atoms. The number of aromatic nitrogens is 1. The summed E-state index contributed by atoms with van der Waals surface area (Å²) >= 11 is 0. The number of carbonyl (C=O) groups excluding carboxylic acids is 4. The summed E-state index contributed by atoms with van der Waals surface area (Å²) in [5.41, 5.74) is 1.50. The van der Waals surface area contributed by atoms with E-state index in [1.165, 1.54) is 35.4 Å². The fourth-order valence-corrected chi connectivity index (χ4v) is 6.26. The summed E-state index contributed by atoms with van der Waals surface area (Å²) < 4.78 is 13.4. The molecule has 3 amide bonds. The normalized spacial score (nSPS) is 18.9. The molecule has 8 nitrogen and oxygen atoms in total. The van der Waals surface area contributed by atoms with Gasteiger partial charge in [0.25, 0.3) is 0 Å². The summed E-state index contributed by atoms with van der Waals surface area (Å²) in [5, 5.41) is 3.07. The first-order valence-electron chi connectivity index (χ1n) is 16.0. The lowest BCUT2D eigenvalue weighted by atomic mass is 9.83. The largest absolute Gasteiger partial charge is 0.342 e. The van der Waals surface area contributed by atoms with E-state index in [2.05, 4.69) is 31.1 Å². The highest BCUT2D eigenvalue weighted by Gasteiger charge is 2.40. The van der Waals surface area contributed by atoms with Crippen LogP contribution in [-0.4, -0.2) is 64.0 Å². The number of carbonyl (C=O) groups is 4. The van der Waals surface area contributed by atoms with Crippen LogP contribution in [0.15, 0.2) is 42.7 Å². The van der Waals surface area contributed by atoms with Crippen molar-refractivity contribution in [3.8, 4) is 0 Å². The molecule has 2 fully saturated rings. The average molecular weight is 607 g/mol. The number of hydrogen-bond donors (Lipinski definition) is 1. The van der Waals surface area contributed by atoms with E-state index < -0.39 is 17.9 Å². The average Bonchev–Trinajstić information content (AvgIpc) is 3.52. The van der Waals surface area contributed by atoms with Crippen molar-refractivity contribution in [1.82, 2.24) is 20.1 Å². The summed E-state index contributed by atoms with van der Waals surface area (Å²) in [7, 11) is 1.65. The molecule has 1 aliphatic carbocycles. The van der Waals surface area contributed by atoms with Gasteiger partial charge in [-0.05, 0) is 86.3 Å². The van der Waals surface area contributed by atoms with Crippen molar-refractivity contribution < 1.29 is 23.6 Å². The second kappa shape index (κ2) is 14.4. The van der Waals surface area contributed by atoms with Gasteiger partial charge in [-0.2, -0.15) is 0 Å². The Balaban J connectivity index is 1.52. The quantitative estimate of drug-likeness (QED) is 0.342. The highest BCUT2D eigenvalue weighted by atomic mass is 19.1. The van der Waals surface area contributed by atoms with E-state index >= 15 is 0 Å². The number of rotatable bonds is 10. The third-order valence-electron chi connectivity index (χ3n) is 9.18. The molecule has 1 saturated heterocycles. The molecule has 1 aliphatic heterocycles. The van der Waals surface area contributed by atoms with E-state index in [0.29, 0.717) is 30.5 Å². The molecular weight excluding hydrogens is 559 g/mol. The van der Waals surface area contributed by atoms with Crippen LogP contribution in [0.1, 0.15) is 113 Å². The number of pyridine rings is 1. The van der Waals surface area contributed by atoms with Crippen LogP contribution >= 0.6 is 0 Å². The van der Waals surface area contributed by atoms with Gasteiger partial charge in [0, 0.05) is 43.5 Å². The number of likely N-dealkylation sites (tertiary alicyclic amines) is 1. The smallest absolute Gasteiger partial charge is 0.245 e. The first-order valence-corrected chi connectivity index (χ1v) is 16.0. The zero-order valence-corrected chi connectivity index (χ0v) is 26.8. The van der Waals surface area contributed by atoms with E-state index in [4.69, 9.17) is 0 Å². The van der Waals surface area contributed by atoms with Gasteiger partial charge in [0.2, 0.25) is 17.7 Å². The lowest BCUT2D eigenvalue weighted by molar-refractivity contribution is -0.142. The van der Waals surface area contributed by atoms with Gasteiger partial charge < -0.3 is 15.1 Å². The molecule has 2 heterocycles. The zero-order valence-electron chi connectivity index (χ0n) is 26.8. The Morgan fingerprint density at radius 3 is 2.34 bits per heavy atom. The van der Waals surface area contributed by atoms with Crippen LogP contribution in [0.25, 0.3) is 0 Å². The lowest BCUT2D eigenvalue weighted by Gasteiger charge is -2.36.